The van der Waals surface area contributed by atoms with Crippen molar-refractivity contribution < 1.29 is 13.6 Å². The van der Waals surface area contributed by atoms with Crippen molar-refractivity contribution in [2.75, 3.05) is 13.1 Å². The van der Waals surface area contributed by atoms with Crippen molar-refractivity contribution in [1.82, 2.24) is 14.5 Å². The van der Waals surface area contributed by atoms with Crippen LogP contribution in [0.4, 0.5) is 8.78 Å². The Morgan fingerprint density at radius 1 is 1.00 bits per heavy atom. The average Bonchev–Trinajstić information content (AvgIpc) is 3.05. The Bertz CT molecular complexity index is 945. The van der Waals surface area contributed by atoms with E-state index >= 15 is 0 Å². The standard InChI is InChI=1S/C19H17F2N3O/c20-14-5-7-17(15(21)11-14)24-12-22-16-10-13(4-6-18(16)24)19(25)23-8-2-1-3-9-23/h4-7,10-12H,1-3,8-9H2. The molecule has 1 saturated heterocycles. The van der Waals surface area contributed by atoms with Gasteiger partial charge in [-0.1, -0.05) is 0 Å². The molecule has 6 heteroatoms. The number of rotatable bonds is 2. The van der Waals surface area contributed by atoms with Crippen LogP contribution in [0.3, 0.4) is 0 Å². The van der Waals surface area contributed by atoms with Crippen LogP contribution in [-0.2, 0) is 0 Å². The zero-order chi connectivity index (χ0) is 17.4. The molecule has 2 heterocycles. The number of hydrogen-bond acceptors (Lipinski definition) is 2. The van der Waals surface area contributed by atoms with Gasteiger partial charge in [-0.3, -0.25) is 9.36 Å². The fourth-order valence-corrected chi connectivity index (χ4v) is 3.29. The summed E-state index contributed by atoms with van der Waals surface area (Å²) < 4.78 is 28.7. The highest BCUT2D eigenvalue weighted by atomic mass is 19.1. The van der Waals surface area contributed by atoms with E-state index in [9.17, 15) is 13.6 Å². The van der Waals surface area contributed by atoms with Gasteiger partial charge in [-0.2, -0.15) is 0 Å². The molecular formula is C19H17F2N3O. The Hall–Kier alpha value is -2.76. The van der Waals surface area contributed by atoms with Gasteiger partial charge < -0.3 is 4.90 Å². The predicted octanol–water partition coefficient (Wildman–Crippen LogP) is 3.93. The van der Waals surface area contributed by atoms with Crippen molar-refractivity contribution in [3.63, 3.8) is 0 Å². The van der Waals surface area contributed by atoms with Gasteiger partial charge in [0, 0.05) is 24.7 Å². The van der Waals surface area contributed by atoms with E-state index in [1.165, 1.54) is 18.5 Å². The summed E-state index contributed by atoms with van der Waals surface area (Å²) in [5.74, 6) is -1.28. The molecule has 1 fully saturated rings. The molecule has 1 aromatic heterocycles. The number of carbonyl (C=O) groups excluding carboxylic acids is 1. The van der Waals surface area contributed by atoms with Crippen molar-refractivity contribution in [3.05, 3.63) is 59.9 Å². The van der Waals surface area contributed by atoms with E-state index in [1.54, 1.807) is 22.8 Å². The number of likely N-dealkylation sites (tertiary alicyclic amines) is 1. The van der Waals surface area contributed by atoms with Gasteiger partial charge in [0.1, 0.15) is 18.0 Å². The highest BCUT2D eigenvalue weighted by Gasteiger charge is 2.19. The van der Waals surface area contributed by atoms with E-state index < -0.39 is 11.6 Å². The van der Waals surface area contributed by atoms with Crippen LogP contribution in [0, 0.1) is 11.6 Å². The first-order valence-electron chi connectivity index (χ1n) is 8.35. The van der Waals surface area contributed by atoms with Gasteiger partial charge in [0.15, 0.2) is 0 Å². The molecule has 0 radical (unpaired) electrons. The lowest BCUT2D eigenvalue weighted by Crippen LogP contribution is -2.35. The second-order valence-electron chi connectivity index (χ2n) is 6.27. The first-order chi connectivity index (χ1) is 12.1. The van der Waals surface area contributed by atoms with Gasteiger partial charge in [0.05, 0.1) is 16.7 Å². The number of hydrogen-bond donors (Lipinski definition) is 0. The maximum absolute atomic E-state index is 14.0. The van der Waals surface area contributed by atoms with Crippen LogP contribution in [0.25, 0.3) is 16.7 Å². The molecule has 0 N–H and O–H groups in total. The second-order valence-corrected chi connectivity index (χ2v) is 6.27. The maximum atomic E-state index is 14.0. The summed E-state index contributed by atoms with van der Waals surface area (Å²) in [6.07, 6.45) is 4.71. The summed E-state index contributed by atoms with van der Waals surface area (Å²) in [6, 6.07) is 8.64. The third kappa shape index (κ3) is 2.88. The largest absolute Gasteiger partial charge is 0.339 e. The minimum atomic E-state index is -0.659. The highest BCUT2D eigenvalue weighted by molar-refractivity contribution is 5.97. The number of benzene rings is 2. The molecule has 128 valence electrons. The monoisotopic (exact) mass is 341 g/mol. The Balaban J connectivity index is 1.70. The van der Waals surface area contributed by atoms with Crippen LogP contribution in [-0.4, -0.2) is 33.4 Å². The van der Waals surface area contributed by atoms with E-state index in [1.807, 2.05) is 4.90 Å². The van der Waals surface area contributed by atoms with Crippen molar-refractivity contribution >= 4 is 16.9 Å². The quantitative estimate of drug-likeness (QED) is 0.708. The van der Waals surface area contributed by atoms with Crippen LogP contribution in [0.2, 0.25) is 0 Å². The number of piperidine rings is 1. The molecule has 1 aliphatic rings. The Labute approximate surface area is 143 Å². The van der Waals surface area contributed by atoms with Crippen molar-refractivity contribution in [3.8, 4) is 5.69 Å². The highest BCUT2D eigenvalue weighted by Crippen LogP contribution is 2.23. The van der Waals surface area contributed by atoms with Crippen LogP contribution in [0.5, 0.6) is 0 Å². The smallest absolute Gasteiger partial charge is 0.253 e. The molecule has 0 unspecified atom stereocenters. The van der Waals surface area contributed by atoms with Crippen LogP contribution < -0.4 is 0 Å². The number of fused-ring (bicyclic) bond motifs is 1. The molecule has 25 heavy (non-hydrogen) atoms. The fourth-order valence-electron chi connectivity index (χ4n) is 3.29. The van der Waals surface area contributed by atoms with Crippen LogP contribution in [0.1, 0.15) is 29.6 Å². The van der Waals surface area contributed by atoms with Gasteiger partial charge in [0.2, 0.25) is 0 Å². The molecule has 0 atom stereocenters. The lowest BCUT2D eigenvalue weighted by molar-refractivity contribution is 0.0724. The van der Waals surface area contributed by atoms with Crippen LogP contribution >= 0.6 is 0 Å². The zero-order valence-electron chi connectivity index (χ0n) is 13.6. The summed E-state index contributed by atoms with van der Waals surface area (Å²) in [5, 5.41) is 0. The number of imidazole rings is 1. The molecule has 1 aliphatic heterocycles. The molecule has 0 aliphatic carbocycles. The second kappa shape index (κ2) is 6.27. The van der Waals surface area contributed by atoms with E-state index in [0.29, 0.717) is 16.6 Å². The predicted molar refractivity (Wildman–Crippen MR) is 90.7 cm³/mol. The maximum Gasteiger partial charge on any atom is 0.253 e. The lowest BCUT2D eigenvalue weighted by Gasteiger charge is -2.26. The van der Waals surface area contributed by atoms with Crippen molar-refractivity contribution in [2.45, 2.75) is 19.3 Å². The summed E-state index contributed by atoms with van der Waals surface area (Å²) in [4.78, 5) is 18.7. The van der Waals surface area contributed by atoms with Crippen LogP contribution in [0.15, 0.2) is 42.7 Å². The minimum Gasteiger partial charge on any atom is -0.339 e. The molecule has 4 nitrogen and oxygen atoms in total. The molecule has 4 rings (SSSR count). The number of carbonyl (C=O) groups is 1. The molecule has 0 saturated carbocycles. The molecule has 0 bridgehead atoms. The van der Waals surface area contributed by atoms with E-state index in [4.69, 9.17) is 0 Å². The van der Waals surface area contributed by atoms with E-state index in [0.717, 1.165) is 38.4 Å². The first kappa shape index (κ1) is 15.7. The van der Waals surface area contributed by atoms with Gasteiger partial charge in [-0.05, 0) is 49.6 Å². The van der Waals surface area contributed by atoms with E-state index in [2.05, 4.69) is 4.98 Å². The zero-order valence-corrected chi connectivity index (χ0v) is 13.6. The Morgan fingerprint density at radius 2 is 1.80 bits per heavy atom. The summed E-state index contributed by atoms with van der Waals surface area (Å²) in [7, 11) is 0. The molecule has 3 aromatic rings. The molecular weight excluding hydrogens is 324 g/mol. The van der Waals surface area contributed by atoms with Crippen molar-refractivity contribution in [2.24, 2.45) is 0 Å². The number of nitrogens with zero attached hydrogens (tertiary/aromatic N) is 3. The molecule has 1 amide bonds. The third-order valence-corrected chi connectivity index (χ3v) is 4.61. The SMILES string of the molecule is O=C(c1ccc2c(c1)ncn2-c1ccc(F)cc1F)N1CCCCC1. The van der Waals surface area contributed by atoms with Crippen molar-refractivity contribution in [1.29, 1.82) is 0 Å². The molecule has 2 aromatic carbocycles. The number of amides is 1. The van der Waals surface area contributed by atoms with Gasteiger partial charge >= 0.3 is 0 Å². The van der Waals surface area contributed by atoms with E-state index in [-0.39, 0.29) is 11.6 Å². The van der Waals surface area contributed by atoms with Gasteiger partial charge in [-0.15, -0.1) is 0 Å². The van der Waals surface area contributed by atoms with Gasteiger partial charge in [0.25, 0.3) is 5.91 Å². The lowest BCUT2D eigenvalue weighted by atomic mass is 10.1. The normalized spacial score (nSPS) is 14.9. The fraction of sp³-hybridized carbons (Fsp3) is 0.263. The summed E-state index contributed by atoms with van der Waals surface area (Å²) >= 11 is 0. The first-order valence-corrected chi connectivity index (χ1v) is 8.35. The third-order valence-electron chi connectivity index (χ3n) is 4.61. The summed E-state index contributed by atoms with van der Waals surface area (Å²) in [6.45, 7) is 1.57. The average molecular weight is 341 g/mol. The topological polar surface area (TPSA) is 38.1 Å². The number of aromatic nitrogens is 2. The Kier molecular flexibility index (Phi) is 3.95. The Morgan fingerprint density at radius 3 is 2.56 bits per heavy atom. The summed E-state index contributed by atoms with van der Waals surface area (Å²) in [5.41, 5.74) is 2.07. The van der Waals surface area contributed by atoms with Gasteiger partial charge in [-0.25, -0.2) is 13.8 Å². The number of halogens is 2. The minimum absolute atomic E-state index is 0.00381. The molecule has 0 spiro atoms.